The number of aromatic nitrogens is 1. The molecule has 4 nitrogen and oxygen atoms in total. The average molecular weight is 294 g/mol. The van der Waals surface area contributed by atoms with E-state index in [1.165, 1.54) is 6.07 Å². The monoisotopic (exact) mass is 294 g/mol. The molecule has 106 valence electrons. The van der Waals surface area contributed by atoms with Crippen LogP contribution < -0.4 is 4.72 Å². The van der Waals surface area contributed by atoms with Crippen LogP contribution in [-0.2, 0) is 10.0 Å². The molecule has 6 heteroatoms. The molecule has 0 fully saturated rings. The van der Waals surface area contributed by atoms with E-state index in [-0.39, 0.29) is 17.5 Å². The van der Waals surface area contributed by atoms with Crippen molar-refractivity contribution in [1.29, 1.82) is 0 Å². The molecule has 0 spiro atoms. The lowest BCUT2D eigenvalue weighted by molar-refractivity contribution is 0.595. The third-order valence-electron chi connectivity index (χ3n) is 2.83. The molecule has 1 N–H and O–H groups in total. The van der Waals surface area contributed by atoms with Crippen molar-refractivity contribution in [3.63, 3.8) is 0 Å². The van der Waals surface area contributed by atoms with Crippen molar-refractivity contribution in [1.82, 2.24) is 4.98 Å². The van der Waals surface area contributed by atoms with E-state index >= 15 is 0 Å². The maximum atomic E-state index is 12.7. The van der Waals surface area contributed by atoms with Crippen LogP contribution in [0.2, 0.25) is 0 Å². The number of halogens is 1. The van der Waals surface area contributed by atoms with Crippen LogP contribution in [0.5, 0.6) is 0 Å². The summed E-state index contributed by atoms with van der Waals surface area (Å²) in [7, 11) is -3.53. The molecule has 1 heterocycles. The zero-order chi connectivity index (χ0) is 14.6. The molecule has 0 aliphatic heterocycles. The van der Waals surface area contributed by atoms with E-state index in [9.17, 15) is 12.8 Å². The predicted octanol–water partition coefficient (Wildman–Crippen LogP) is 2.77. The molecule has 0 aliphatic rings. The predicted molar refractivity (Wildman–Crippen MR) is 76.5 cm³/mol. The Morgan fingerprint density at radius 1 is 1.20 bits per heavy atom. The fourth-order valence-electron chi connectivity index (χ4n) is 1.84. The van der Waals surface area contributed by atoms with Crippen molar-refractivity contribution in [3.8, 4) is 0 Å². The van der Waals surface area contributed by atoms with E-state index in [0.717, 1.165) is 17.8 Å². The highest BCUT2D eigenvalue weighted by atomic mass is 32.2. The van der Waals surface area contributed by atoms with Gasteiger partial charge in [-0.2, -0.15) is 0 Å². The van der Waals surface area contributed by atoms with Crippen molar-refractivity contribution in [2.45, 2.75) is 12.8 Å². The van der Waals surface area contributed by atoms with Crippen molar-refractivity contribution in [2.75, 3.05) is 10.5 Å². The first-order valence-corrected chi connectivity index (χ1v) is 7.78. The third kappa shape index (κ3) is 4.03. The third-order valence-corrected chi connectivity index (χ3v) is 4.28. The van der Waals surface area contributed by atoms with Gasteiger partial charge in [0.25, 0.3) is 0 Å². The second kappa shape index (κ2) is 6.00. The van der Waals surface area contributed by atoms with E-state index in [1.54, 1.807) is 0 Å². The summed E-state index contributed by atoms with van der Waals surface area (Å²) < 4.78 is 39.1. The molecule has 0 amide bonds. The molecule has 2 rings (SSSR count). The number of sulfonamides is 1. The number of nitrogens with one attached hydrogen (secondary N) is 1. The molecule has 1 aromatic heterocycles. The molecule has 0 saturated heterocycles. The SMILES string of the molecule is CC(CS(=O)(=O)Nc1ccc(F)cn1)c1ccccc1. The van der Waals surface area contributed by atoms with Crippen LogP contribution >= 0.6 is 0 Å². The number of pyridine rings is 1. The summed E-state index contributed by atoms with van der Waals surface area (Å²) in [5.41, 5.74) is 0.949. The van der Waals surface area contributed by atoms with Gasteiger partial charge in [-0.05, 0) is 23.6 Å². The number of anilines is 1. The average Bonchev–Trinajstić information content (AvgIpc) is 2.41. The summed E-state index contributed by atoms with van der Waals surface area (Å²) in [6.07, 6.45) is 0.971. The molecule has 0 aliphatic carbocycles. The van der Waals surface area contributed by atoms with E-state index in [4.69, 9.17) is 0 Å². The van der Waals surface area contributed by atoms with E-state index in [1.807, 2.05) is 37.3 Å². The van der Waals surface area contributed by atoms with Crippen LogP contribution in [0.25, 0.3) is 0 Å². The Hall–Kier alpha value is -1.95. The molecule has 1 aromatic carbocycles. The highest BCUT2D eigenvalue weighted by molar-refractivity contribution is 7.92. The minimum Gasteiger partial charge on any atom is -0.267 e. The summed E-state index contributed by atoms with van der Waals surface area (Å²) in [5.74, 6) is -0.595. The second-order valence-corrected chi connectivity index (χ2v) is 6.32. The minimum atomic E-state index is -3.53. The number of benzene rings is 1. The highest BCUT2D eigenvalue weighted by Gasteiger charge is 2.17. The van der Waals surface area contributed by atoms with Crippen molar-refractivity contribution in [3.05, 3.63) is 60.0 Å². The van der Waals surface area contributed by atoms with Crippen LogP contribution in [0.15, 0.2) is 48.7 Å². The number of nitrogens with zero attached hydrogens (tertiary/aromatic N) is 1. The van der Waals surface area contributed by atoms with E-state index in [0.29, 0.717) is 0 Å². The first-order valence-electron chi connectivity index (χ1n) is 6.13. The van der Waals surface area contributed by atoms with Gasteiger partial charge in [0.15, 0.2) is 0 Å². The number of hydrogen-bond acceptors (Lipinski definition) is 3. The summed E-state index contributed by atoms with van der Waals surface area (Å²) in [4.78, 5) is 3.68. The van der Waals surface area contributed by atoms with E-state index < -0.39 is 15.8 Å². The lowest BCUT2D eigenvalue weighted by Crippen LogP contribution is -2.21. The van der Waals surface area contributed by atoms with Gasteiger partial charge in [-0.3, -0.25) is 4.72 Å². The topological polar surface area (TPSA) is 59.1 Å². The fraction of sp³-hybridized carbons (Fsp3) is 0.214. The van der Waals surface area contributed by atoms with Gasteiger partial charge in [-0.25, -0.2) is 17.8 Å². The summed E-state index contributed by atoms with van der Waals surface area (Å²) >= 11 is 0. The highest BCUT2D eigenvalue weighted by Crippen LogP contribution is 2.18. The fourth-order valence-corrected chi connectivity index (χ4v) is 3.22. The van der Waals surface area contributed by atoms with Gasteiger partial charge in [0.2, 0.25) is 10.0 Å². The molecular weight excluding hydrogens is 279 g/mol. The van der Waals surface area contributed by atoms with E-state index in [2.05, 4.69) is 9.71 Å². The van der Waals surface area contributed by atoms with Crippen LogP contribution in [0.3, 0.4) is 0 Å². The first-order chi connectivity index (χ1) is 9.46. The maximum Gasteiger partial charge on any atom is 0.234 e. The zero-order valence-corrected chi connectivity index (χ0v) is 11.8. The number of hydrogen-bond donors (Lipinski definition) is 1. The first kappa shape index (κ1) is 14.5. The van der Waals surface area contributed by atoms with Crippen molar-refractivity contribution in [2.24, 2.45) is 0 Å². The molecule has 20 heavy (non-hydrogen) atoms. The number of rotatable bonds is 5. The molecular formula is C14H15FN2O2S. The lowest BCUT2D eigenvalue weighted by Gasteiger charge is -2.13. The smallest absolute Gasteiger partial charge is 0.234 e. The Kier molecular flexibility index (Phi) is 4.34. The Labute approximate surface area is 117 Å². The second-order valence-electron chi connectivity index (χ2n) is 4.56. The Balaban J connectivity index is 2.06. The zero-order valence-electron chi connectivity index (χ0n) is 11.0. The van der Waals surface area contributed by atoms with Crippen LogP contribution in [-0.4, -0.2) is 19.2 Å². The Morgan fingerprint density at radius 2 is 1.90 bits per heavy atom. The van der Waals surface area contributed by atoms with Gasteiger partial charge in [-0.1, -0.05) is 37.3 Å². The minimum absolute atomic E-state index is 0.0595. The van der Waals surface area contributed by atoms with Crippen LogP contribution in [0.4, 0.5) is 10.2 Å². The molecule has 0 saturated carbocycles. The summed E-state index contributed by atoms with van der Waals surface area (Å²) in [5, 5.41) is 0. The Morgan fingerprint density at radius 3 is 2.50 bits per heavy atom. The van der Waals surface area contributed by atoms with Crippen LogP contribution in [0.1, 0.15) is 18.4 Å². The van der Waals surface area contributed by atoms with Gasteiger partial charge >= 0.3 is 0 Å². The van der Waals surface area contributed by atoms with Gasteiger partial charge in [0.05, 0.1) is 11.9 Å². The van der Waals surface area contributed by atoms with Gasteiger partial charge in [0, 0.05) is 0 Å². The van der Waals surface area contributed by atoms with Crippen LogP contribution in [0, 0.1) is 5.82 Å². The van der Waals surface area contributed by atoms with Gasteiger partial charge in [-0.15, -0.1) is 0 Å². The van der Waals surface area contributed by atoms with Crippen molar-refractivity contribution >= 4 is 15.8 Å². The molecule has 2 aromatic rings. The normalized spacial score (nSPS) is 12.9. The quantitative estimate of drug-likeness (QED) is 0.922. The standard InChI is InChI=1S/C14H15FN2O2S/c1-11(12-5-3-2-4-6-12)10-20(18,19)17-14-8-7-13(15)9-16-14/h2-9,11H,10H2,1H3,(H,16,17). The molecule has 1 atom stereocenters. The van der Waals surface area contributed by atoms with Crippen molar-refractivity contribution < 1.29 is 12.8 Å². The van der Waals surface area contributed by atoms with Gasteiger partial charge < -0.3 is 0 Å². The summed E-state index contributed by atoms with van der Waals surface area (Å²) in [6, 6.07) is 11.8. The largest absolute Gasteiger partial charge is 0.267 e. The Bertz CT molecular complexity index is 657. The molecule has 0 radical (unpaired) electrons. The molecule has 0 bridgehead atoms. The lowest BCUT2D eigenvalue weighted by atomic mass is 10.0. The maximum absolute atomic E-state index is 12.7. The summed E-state index contributed by atoms with van der Waals surface area (Å²) in [6.45, 7) is 1.84. The molecule has 1 unspecified atom stereocenters. The van der Waals surface area contributed by atoms with Gasteiger partial charge in [0.1, 0.15) is 11.6 Å².